The number of imide groups is 2. The number of hydrogen-bond acceptors (Lipinski definition) is 13. The highest BCUT2D eigenvalue weighted by Gasteiger charge is 2.45. The number of nitriles is 1. The Hall–Kier alpha value is -6.16. The Labute approximate surface area is 338 Å². The van der Waals surface area contributed by atoms with Crippen LogP contribution < -0.4 is 16.0 Å². The number of aryl methyl sites for hydroxylation is 1. The second-order valence-electron chi connectivity index (χ2n) is 15.1. The summed E-state index contributed by atoms with van der Waals surface area (Å²) in [5, 5.41) is 22.5. The van der Waals surface area contributed by atoms with Gasteiger partial charge in [-0.1, -0.05) is 12.1 Å². The fourth-order valence-electron chi connectivity index (χ4n) is 6.92. The zero-order valence-electron chi connectivity index (χ0n) is 32.7. The number of carbonyl (C=O) groups is 5. The topological polar surface area (TPSA) is 220 Å². The zero-order valence-corrected chi connectivity index (χ0v) is 32.7. The van der Waals surface area contributed by atoms with Gasteiger partial charge in [-0.2, -0.15) is 15.0 Å². The molecule has 18 heteroatoms. The van der Waals surface area contributed by atoms with Crippen molar-refractivity contribution in [2.24, 2.45) is 0 Å². The van der Waals surface area contributed by atoms with E-state index in [0.29, 0.717) is 59.7 Å². The summed E-state index contributed by atoms with van der Waals surface area (Å²) >= 11 is 0. The number of amides is 5. The summed E-state index contributed by atoms with van der Waals surface area (Å²) in [6.07, 6.45) is 6.02. The van der Waals surface area contributed by atoms with E-state index in [1.54, 1.807) is 50.4 Å². The van der Waals surface area contributed by atoms with E-state index >= 15 is 4.39 Å². The summed E-state index contributed by atoms with van der Waals surface area (Å²) < 4.78 is 34.0. The van der Waals surface area contributed by atoms with Crippen molar-refractivity contribution in [1.29, 1.82) is 5.26 Å². The van der Waals surface area contributed by atoms with E-state index in [4.69, 9.17) is 14.2 Å². The Balaban J connectivity index is 0.806. The number of halogens is 1. The molecule has 1 saturated heterocycles. The van der Waals surface area contributed by atoms with Crippen molar-refractivity contribution in [3.8, 4) is 11.9 Å². The van der Waals surface area contributed by atoms with Gasteiger partial charge in [0.05, 0.1) is 72.7 Å². The molecule has 4 aromatic rings. The maximum absolute atomic E-state index is 15.4. The Bertz CT molecular complexity index is 2320. The number of hydrogen-bond donors (Lipinski definition) is 3. The van der Waals surface area contributed by atoms with Gasteiger partial charge in [-0.25, -0.2) is 14.4 Å². The summed E-state index contributed by atoms with van der Waals surface area (Å²) in [5.41, 5.74) is 1.68. The van der Waals surface area contributed by atoms with Gasteiger partial charge >= 0.3 is 0 Å². The molecule has 3 aliphatic rings. The van der Waals surface area contributed by atoms with Crippen LogP contribution >= 0.6 is 0 Å². The fraction of sp³-hybridized carbons (Fsp3) is 0.439. The lowest BCUT2D eigenvalue weighted by atomic mass is 9.99. The Morgan fingerprint density at radius 3 is 2.56 bits per heavy atom. The third-order valence-electron chi connectivity index (χ3n) is 10.4. The summed E-state index contributed by atoms with van der Waals surface area (Å²) in [6.45, 7) is 4.14. The van der Waals surface area contributed by atoms with Gasteiger partial charge in [-0.3, -0.25) is 34.2 Å². The largest absolute Gasteiger partial charge is 0.382 e. The Kier molecular flexibility index (Phi) is 12.4. The van der Waals surface area contributed by atoms with Crippen molar-refractivity contribution in [1.82, 2.24) is 35.3 Å². The van der Waals surface area contributed by atoms with Crippen LogP contribution in [0.25, 0.3) is 16.9 Å². The number of pyridine rings is 2. The first kappa shape index (κ1) is 41.0. The summed E-state index contributed by atoms with van der Waals surface area (Å²) in [5.74, 6) is -2.23. The van der Waals surface area contributed by atoms with Gasteiger partial charge < -0.3 is 24.8 Å². The molecule has 1 aromatic carbocycles. The molecule has 7 rings (SSSR count). The first-order valence-corrected chi connectivity index (χ1v) is 19.5. The number of aromatic nitrogens is 4. The highest BCUT2D eigenvalue weighted by molar-refractivity contribution is 6.24. The van der Waals surface area contributed by atoms with Crippen molar-refractivity contribution < 1.29 is 42.6 Å². The molecule has 2 atom stereocenters. The first-order valence-electron chi connectivity index (χ1n) is 19.5. The normalized spacial score (nSPS) is 17.2. The molecule has 2 aliphatic heterocycles. The van der Waals surface area contributed by atoms with Gasteiger partial charge in [-0.05, 0) is 63.6 Å². The number of rotatable bonds is 19. The van der Waals surface area contributed by atoms with Crippen LogP contribution in [-0.4, -0.2) is 118 Å². The van der Waals surface area contributed by atoms with E-state index < -0.39 is 47.4 Å². The molecule has 2 fully saturated rings. The Morgan fingerprint density at radius 2 is 1.80 bits per heavy atom. The lowest BCUT2D eigenvalue weighted by molar-refractivity contribution is -0.136. The number of alkyl halides is 1. The van der Waals surface area contributed by atoms with Crippen LogP contribution in [0.3, 0.4) is 0 Å². The van der Waals surface area contributed by atoms with E-state index in [-0.39, 0.29) is 61.9 Å². The molecule has 0 radical (unpaired) electrons. The molecule has 0 bridgehead atoms. The smallest absolute Gasteiger partial charge is 0.262 e. The minimum atomic E-state index is -1.54. The van der Waals surface area contributed by atoms with Crippen LogP contribution in [0.5, 0.6) is 0 Å². The number of carbonyl (C=O) groups excluding carboxylic acids is 5. The summed E-state index contributed by atoms with van der Waals surface area (Å²) in [4.78, 5) is 73.3. The second-order valence-corrected chi connectivity index (χ2v) is 15.1. The van der Waals surface area contributed by atoms with Gasteiger partial charge in [0.2, 0.25) is 11.8 Å². The van der Waals surface area contributed by atoms with Gasteiger partial charge in [-0.15, -0.1) is 0 Å². The molecule has 308 valence electrons. The quantitative estimate of drug-likeness (QED) is 0.0917. The number of fused-ring (bicyclic) bond motifs is 2. The standard InChI is InChI=1S/C41H44FN9O8/c1-41(2,32(42)23-46-37(53)29-22-44-33(18-30(29)48-27-8-9-27)51-36-26(21-47-51)17-24(19-43)20-45-36)59-16-15-58-14-13-57-12-4-6-25-5-3-7-28-35(25)40(56)50(39(28)55)31-10-11-34(52)49-38(31)54/h3,5,7,17-18,20-22,27,31-32H,4,6,8-16,23H2,1-2H3,(H,44,48)(H,46,53)(H,49,52,54). The molecular weight excluding hydrogens is 766 g/mol. The molecule has 3 aromatic heterocycles. The van der Waals surface area contributed by atoms with E-state index in [0.717, 1.165) is 17.7 Å². The van der Waals surface area contributed by atoms with Crippen molar-refractivity contribution in [3.63, 3.8) is 0 Å². The SMILES string of the molecule is CC(C)(OCCOCCOCCCc1cccc2c1C(=O)N(C1CCC(=O)NC1=O)C2=O)C(F)CNC(=O)c1cnc(-n2ncc3cc(C#N)cnc32)cc1NC1CC1. The maximum Gasteiger partial charge on any atom is 0.262 e. The van der Waals surface area contributed by atoms with E-state index in [9.17, 15) is 29.2 Å². The van der Waals surface area contributed by atoms with E-state index in [1.165, 1.54) is 17.1 Å². The molecule has 5 amide bonds. The van der Waals surface area contributed by atoms with Crippen molar-refractivity contribution >= 4 is 46.3 Å². The van der Waals surface area contributed by atoms with Crippen molar-refractivity contribution in [3.05, 3.63) is 76.7 Å². The highest BCUT2D eigenvalue weighted by Crippen LogP contribution is 2.31. The first-order chi connectivity index (χ1) is 28.4. The van der Waals surface area contributed by atoms with Gasteiger partial charge in [0.1, 0.15) is 18.3 Å². The fourth-order valence-corrected chi connectivity index (χ4v) is 6.92. The molecule has 1 aliphatic carbocycles. The number of nitrogens with zero attached hydrogens (tertiary/aromatic N) is 6. The molecule has 1 saturated carbocycles. The summed E-state index contributed by atoms with van der Waals surface area (Å²) in [7, 11) is 0. The van der Waals surface area contributed by atoms with Crippen LogP contribution in [-0.2, 0) is 30.2 Å². The maximum atomic E-state index is 15.4. The molecule has 0 spiro atoms. The average Bonchev–Trinajstić information content (AvgIpc) is 3.88. The molecule has 17 nitrogen and oxygen atoms in total. The number of nitrogens with one attached hydrogen (secondary N) is 3. The van der Waals surface area contributed by atoms with Crippen LogP contribution in [0.2, 0.25) is 0 Å². The van der Waals surface area contributed by atoms with Crippen LogP contribution in [0.4, 0.5) is 10.1 Å². The van der Waals surface area contributed by atoms with E-state index in [1.807, 2.05) is 0 Å². The lowest BCUT2D eigenvalue weighted by Crippen LogP contribution is -2.54. The lowest BCUT2D eigenvalue weighted by Gasteiger charge is -2.29. The Morgan fingerprint density at radius 1 is 1.02 bits per heavy atom. The zero-order chi connectivity index (χ0) is 41.7. The molecule has 5 heterocycles. The highest BCUT2D eigenvalue weighted by atomic mass is 19.1. The average molecular weight is 810 g/mol. The third-order valence-corrected chi connectivity index (χ3v) is 10.4. The monoisotopic (exact) mass is 809 g/mol. The molecule has 2 unspecified atom stereocenters. The molecular formula is C41H44FN9O8. The third kappa shape index (κ3) is 9.27. The van der Waals surface area contributed by atoms with Crippen molar-refractivity contribution in [2.75, 3.05) is 44.9 Å². The van der Waals surface area contributed by atoms with Gasteiger partial charge in [0, 0.05) is 42.9 Å². The number of anilines is 1. The summed E-state index contributed by atoms with van der Waals surface area (Å²) in [6, 6.07) is 9.67. The predicted molar refractivity (Wildman–Crippen MR) is 208 cm³/mol. The minimum absolute atomic E-state index is 0.0531. The van der Waals surface area contributed by atoms with E-state index in [2.05, 4.69) is 37.1 Å². The molecule has 59 heavy (non-hydrogen) atoms. The number of benzene rings is 1. The minimum Gasteiger partial charge on any atom is -0.382 e. The second kappa shape index (κ2) is 17.8. The predicted octanol–water partition coefficient (Wildman–Crippen LogP) is 3.19. The van der Waals surface area contributed by atoms with Gasteiger partial charge in [0.15, 0.2) is 11.5 Å². The number of ether oxygens (including phenoxy) is 3. The van der Waals surface area contributed by atoms with Crippen LogP contribution in [0, 0.1) is 11.3 Å². The van der Waals surface area contributed by atoms with Crippen LogP contribution in [0.1, 0.15) is 88.2 Å². The van der Waals surface area contributed by atoms with Crippen LogP contribution in [0.15, 0.2) is 48.9 Å². The van der Waals surface area contributed by atoms with Crippen molar-refractivity contribution in [2.45, 2.75) is 76.2 Å². The molecule has 3 N–H and O–H groups in total. The number of piperidine rings is 1. The van der Waals surface area contributed by atoms with Gasteiger partial charge in [0.25, 0.3) is 17.7 Å².